The van der Waals surface area contributed by atoms with Gasteiger partial charge in [-0.3, -0.25) is 0 Å². The Morgan fingerprint density at radius 2 is 1.73 bits per heavy atom. The Balaban J connectivity index is 1.80. The summed E-state index contributed by atoms with van der Waals surface area (Å²) in [4.78, 5) is 23.6. The summed E-state index contributed by atoms with van der Waals surface area (Å²) in [5.74, 6) is -1.76. The van der Waals surface area contributed by atoms with Crippen LogP contribution in [0.1, 0.15) is 26.3 Å². The molecule has 1 fully saturated rings. The number of thioether (sulfide) groups is 1. The third-order valence-corrected chi connectivity index (χ3v) is 5.51. The molecular formula is C19H17FO5S. The summed E-state index contributed by atoms with van der Waals surface area (Å²) in [6.07, 6.45) is -2.74. The Morgan fingerprint density at radius 1 is 1.08 bits per heavy atom. The number of carbonyl (C=O) groups excluding carboxylic acids is 1. The summed E-state index contributed by atoms with van der Waals surface area (Å²) in [5.41, 5.74) is -0.432. The number of esters is 1. The van der Waals surface area contributed by atoms with Crippen LogP contribution in [0.25, 0.3) is 0 Å². The van der Waals surface area contributed by atoms with Gasteiger partial charge in [-0.1, -0.05) is 36.4 Å². The van der Waals surface area contributed by atoms with E-state index in [0.717, 1.165) is 11.8 Å². The lowest BCUT2D eigenvalue weighted by Gasteiger charge is -2.21. The predicted molar refractivity (Wildman–Crippen MR) is 95.0 cm³/mol. The van der Waals surface area contributed by atoms with Gasteiger partial charge in [-0.25, -0.2) is 14.0 Å². The summed E-state index contributed by atoms with van der Waals surface area (Å²) in [7, 11) is 0. The minimum Gasteiger partial charge on any atom is -0.478 e. The van der Waals surface area contributed by atoms with Gasteiger partial charge >= 0.3 is 11.9 Å². The first-order chi connectivity index (χ1) is 12.5. The van der Waals surface area contributed by atoms with Crippen molar-refractivity contribution in [3.8, 4) is 0 Å². The molecule has 0 aromatic heterocycles. The van der Waals surface area contributed by atoms with Crippen LogP contribution in [-0.4, -0.2) is 45.1 Å². The van der Waals surface area contributed by atoms with Crippen molar-refractivity contribution in [3.63, 3.8) is 0 Å². The van der Waals surface area contributed by atoms with E-state index < -0.39 is 34.9 Å². The van der Waals surface area contributed by atoms with Gasteiger partial charge in [0.1, 0.15) is 11.5 Å². The lowest BCUT2D eigenvalue weighted by Crippen LogP contribution is -2.35. The SMILES string of the molecule is O=C(O[C@H]1[C@H](F)C(O)S[C@@H]1Cc1ccccc1C(=O)O)c1ccccc1. The number of alkyl halides is 1. The van der Waals surface area contributed by atoms with Crippen LogP contribution >= 0.6 is 11.8 Å². The minimum atomic E-state index is -1.74. The van der Waals surface area contributed by atoms with Crippen molar-refractivity contribution < 1.29 is 28.9 Å². The van der Waals surface area contributed by atoms with Gasteiger partial charge in [0.05, 0.1) is 16.4 Å². The molecule has 0 saturated carbocycles. The van der Waals surface area contributed by atoms with Gasteiger partial charge < -0.3 is 14.9 Å². The molecule has 0 radical (unpaired) electrons. The van der Waals surface area contributed by atoms with Crippen LogP contribution in [-0.2, 0) is 11.2 Å². The zero-order chi connectivity index (χ0) is 18.7. The van der Waals surface area contributed by atoms with Crippen molar-refractivity contribution in [3.05, 3.63) is 71.3 Å². The molecule has 4 atom stereocenters. The molecule has 0 aliphatic carbocycles. The zero-order valence-corrected chi connectivity index (χ0v) is 14.4. The van der Waals surface area contributed by atoms with Crippen LogP contribution in [0.4, 0.5) is 4.39 Å². The van der Waals surface area contributed by atoms with Crippen molar-refractivity contribution in [1.82, 2.24) is 0 Å². The quantitative estimate of drug-likeness (QED) is 0.781. The average molecular weight is 376 g/mol. The number of ether oxygens (including phenoxy) is 1. The second-order valence-electron chi connectivity index (χ2n) is 5.91. The number of hydrogen-bond acceptors (Lipinski definition) is 5. The van der Waals surface area contributed by atoms with E-state index in [0.29, 0.717) is 5.56 Å². The van der Waals surface area contributed by atoms with E-state index in [1.165, 1.54) is 6.07 Å². The molecule has 2 aromatic rings. The number of aromatic carboxylic acids is 1. The molecule has 136 valence electrons. The maximum absolute atomic E-state index is 14.4. The average Bonchev–Trinajstić information content (AvgIpc) is 2.90. The van der Waals surface area contributed by atoms with Crippen LogP contribution in [0.15, 0.2) is 54.6 Å². The summed E-state index contributed by atoms with van der Waals surface area (Å²) >= 11 is 0.945. The van der Waals surface area contributed by atoms with E-state index in [9.17, 15) is 24.2 Å². The third-order valence-electron chi connectivity index (χ3n) is 4.19. The van der Waals surface area contributed by atoms with E-state index in [-0.39, 0.29) is 17.5 Å². The van der Waals surface area contributed by atoms with E-state index in [2.05, 4.69) is 0 Å². The van der Waals surface area contributed by atoms with Crippen molar-refractivity contribution in [2.45, 2.75) is 29.4 Å². The second kappa shape index (κ2) is 7.88. The standard InChI is InChI=1S/C19H17FO5S/c20-15-16(25-18(23)11-6-2-1-3-7-11)14(26-19(15)24)10-12-8-4-5-9-13(12)17(21)22/h1-9,14-16,19,24H,10H2,(H,21,22)/t14-,15+,16-,19?/m1/s1. The molecule has 5 nitrogen and oxygen atoms in total. The molecule has 1 unspecified atom stereocenters. The molecule has 0 amide bonds. The zero-order valence-electron chi connectivity index (χ0n) is 13.6. The van der Waals surface area contributed by atoms with Crippen molar-refractivity contribution in [1.29, 1.82) is 0 Å². The molecule has 2 N–H and O–H groups in total. The second-order valence-corrected chi connectivity index (χ2v) is 7.27. The van der Waals surface area contributed by atoms with Gasteiger partial charge in [-0.2, -0.15) is 0 Å². The molecule has 2 aromatic carbocycles. The van der Waals surface area contributed by atoms with E-state index >= 15 is 0 Å². The lowest BCUT2D eigenvalue weighted by molar-refractivity contribution is -0.00476. The number of hydrogen-bond donors (Lipinski definition) is 2. The van der Waals surface area contributed by atoms with Crippen LogP contribution in [0, 0.1) is 0 Å². The van der Waals surface area contributed by atoms with Crippen LogP contribution in [0.3, 0.4) is 0 Å². The molecule has 1 saturated heterocycles. The number of halogens is 1. The van der Waals surface area contributed by atoms with Crippen LogP contribution in [0.5, 0.6) is 0 Å². The largest absolute Gasteiger partial charge is 0.478 e. The van der Waals surface area contributed by atoms with Gasteiger partial charge in [-0.05, 0) is 30.2 Å². The molecule has 26 heavy (non-hydrogen) atoms. The summed E-state index contributed by atoms with van der Waals surface area (Å²) in [5, 5.41) is 18.6. The van der Waals surface area contributed by atoms with Crippen molar-refractivity contribution >= 4 is 23.7 Å². The highest BCUT2D eigenvalue weighted by atomic mass is 32.2. The Kier molecular flexibility index (Phi) is 5.58. The number of carboxylic acids is 1. The number of carbonyl (C=O) groups is 2. The highest BCUT2D eigenvalue weighted by Crippen LogP contribution is 2.39. The highest BCUT2D eigenvalue weighted by Gasteiger charge is 2.46. The number of aliphatic hydroxyl groups is 1. The Labute approximate surface area is 153 Å². The van der Waals surface area contributed by atoms with Crippen LogP contribution in [0.2, 0.25) is 0 Å². The maximum atomic E-state index is 14.4. The number of aliphatic hydroxyl groups excluding tert-OH is 1. The topological polar surface area (TPSA) is 83.8 Å². The van der Waals surface area contributed by atoms with E-state index in [1.807, 2.05) is 0 Å². The lowest BCUT2D eigenvalue weighted by atomic mass is 9.99. The normalized spacial score (nSPS) is 25.0. The van der Waals surface area contributed by atoms with Gasteiger partial charge in [0.25, 0.3) is 0 Å². The molecule has 1 heterocycles. The van der Waals surface area contributed by atoms with Gasteiger partial charge in [-0.15, -0.1) is 11.8 Å². The number of rotatable bonds is 5. The van der Waals surface area contributed by atoms with E-state index in [4.69, 9.17) is 4.74 Å². The molecular weight excluding hydrogens is 359 g/mol. The van der Waals surface area contributed by atoms with Crippen LogP contribution < -0.4 is 0 Å². The highest BCUT2D eigenvalue weighted by molar-refractivity contribution is 8.00. The van der Waals surface area contributed by atoms with E-state index in [1.54, 1.807) is 48.5 Å². The molecule has 3 rings (SSSR count). The maximum Gasteiger partial charge on any atom is 0.338 e. The molecule has 0 spiro atoms. The fraction of sp³-hybridized carbons (Fsp3) is 0.263. The minimum absolute atomic E-state index is 0.109. The Bertz CT molecular complexity index is 798. The first-order valence-electron chi connectivity index (χ1n) is 8.02. The number of carboxylic acid groups (broad SMARTS) is 1. The predicted octanol–water partition coefficient (Wildman–Crippen LogP) is 2.92. The van der Waals surface area contributed by atoms with Gasteiger partial charge in [0.2, 0.25) is 0 Å². The fourth-order valence-electron chi connectivity index (χ4n) is 2.89. The molecule has 7 heteroatoms. The smallest absolute Gasteiger partial charge is 0.338 e. The Morgan fingerprint density at radius 3 is 2.42 bits per heavy atom. The van der Waals surface area contributed by atoms with Gasteiger partial charge in [0.15, 0.2) is 6.17 Å². The summed E-state index contributed by atoms with van der Waals surface area (Å²) in [6.45, 7) is 0. The summed E-state index contributed by atoms with van der Waals surface area (Å²) < 4.78 is 19.7. The summed E-state index contributed by atoms with van der Waals surface area (Å²) in [6, 6.07) is 14.6. The molecule has 1 aliphatic rings. The van der Waals surface area contributed by atoms with Crippen molar-refractivity contribution in [2.75, 3.05) is 0 Å². The molecule has 0 bridgehead atoms. The van der Waals surface area contributed by atoms with Gasteiger partial charge in [0, 0.05) is 0 Å². The monoisotopic (exact) mass is 376 g/mol. The fourth-order valence-corrected chi connectivity index (χ4v) is 4.19. The molecule has 1 aliphatic heterocycles. The third kappa shape index (κ3) is 3.89. The van der Waals surface area contributed by atoms with Crippen molar-refractivity contribution in [2.24, 2.45) is 0 Å². The number of benzene rings is 2. The first-order valence-corrected chi connectivity index (χ1v) is 8.96. The first kappa shape index (κ1) is 18.4. The Hall–Kier alpha value is -2.38.